The minimum Gasteiger partial charge on any atom is -0.481 e. The van der Waals surface area contributed by atoms with E-state index in [1.165, 1.54) is 0 Å². The maximum Gasteiger partial charge on any atom is 0.321 e. The summed E-state index contributed by atoms with van der Waals surface area (Å²) in [6, 6.07) is -0.631. The van der Waals surface area contributed by atoms with Crippen LogP contribution in [0.2, 0.25) is 0 Å². The van der Waals surface area contributed by atoms with Crippen LogP contribution < -0.4 is 10.6 Å². The van der Waals surface area contributed by atoms with Gasteiger partial charge in [0.2, 0.25) is 5.91 Å². The fourth-order valence-electron chi connectivity index (χ4n) is 1.25. The predicted octanol–water partition coefficient (Wildman–Crippen LogP) is -0.641. The number of hydrogen-bond acceptors (Lipinski definition) is 5. The number of carboxylic acid groups (broad SMARTS) is 1. The third kappa shape index (κ3) is 6.76. The van der Waals surface area contributed by atoms with E-state index in [2.05, 4.69) is 15.6 Å². The molecule has 1 heterocycles. The van der Waals surface area contributed by atoms with E-state index < -0.39 is 17.9 Å². The van der Waals surface area contributed by atoms with Crippen molar-refractivity contribution >= 4 is 17.9 Å². The van der Waals surface area contributed by atoms with Crippen molar-refractivity contribution in [3.8, 4) is 0 Å². The van der Waals surface area contributed by atoms with Crippen LogP contribution in [0.3, 0.4) is 0 Å². The maximum atomic E-state index is 11.2. The highest BCUT2D eigenvalue weighted by molar-refractivity contribution is 5.95. The number of carbonyl (C=O) groups excluding carboxylic acids is 2. The zero-order valence-corrected chi connectivity index (χ0v) is 10.2. The normalized spacial score (nSPS) is 9.89. The highest BCUT2D eigenvalue weighted by Crippen LogP contribution is 1.89. The van der Waals surface area contributed by atoms with Crippen molar-refractivity contribution < 1.29 is 19.5 Å². The van der Waals surface area contributed by atoms with Crippen LogP contribution >= 0.6 is 0 Å². The van der Waals surface area contributed by atoms with Crippen molar-refractivity contribution in [3.05, 3.63) is 12.4 Å². The molecule has 1 aromatic heterocycles. The summed E-state index contributed by atoms with van der Waals surface area (Å²) in [6.45, 7) is 0.977. The topological polar surface area (TPSA) is 126 Å². The van der Waals surface area contributed by atoms with Crippen LogP contribution in [-0.2, 0) is 16.1 Å². The number of nitrogens with zero attached hydrogens (tertiary/aromatic N) is 3. The summed E-state index contributed by atoms with van der Waals surface area (Å²) in [5, 5.41) is 20.3. The van der Waals surface area contributed by atoms with Gasteiger partial charge in [-0.05, 0) is 6.42 Å². The first-order valence-electron chi connectivity index (χ1n) is 5.71. The molecule has 9 heteroatoms. The SMILES string of the molecule is O=C(O)CCC(=O)NC(=O)NCCCn1ccnn1. The van der Waals surface area contributed by atoms with Gasteiger partial charge in [-0.2, -0.15) is 0 Å². The molecule has 1 rings (SSSR count). The average molecular weight is 269 g/mol. The molecule has 19 heavy (non-hydrogen) atoms. The number of rotatable bonds is 7. The summed E-state index contributed by atoms with van der Waals surface area (Å²) in [4.78, 5) is 32.6. The first-order chi connectivity index (χ1) is 9.08. The van der Waals surface area contributed by atoms with Crippen molar-refractivity contribution in [2.45, 2.75) is 25.8 Å². The molecule has 0 aromatic carbocycles. The van der Waals surface area contributed by atoms with E-state index in [-0.39, 0.29) is 12.8 Å². The molecule has 9 nitrogen and oxygen atoms in total. The van der Waals surface area contributed by atoms with Gasteiger partial charge in [0.15, 0.2) is 0 Å². The van der Waals surface area contributed by atoms with E-state index in [4.69, 9.17) is 5.11 Å². The summed E-state index contributed by atoms with van der Waals surface area (Å²) < 4.78 is 1.62. The number of nitrogens with one attached hydrogen (secondary N) is 2. The van der Waals surface area contributed by atoms with E-state index in [0.717, 1.165) is 0 Å². The zero-order chi connectivity index (χ0) is 14.1. The van der Waals surface area contributed by atoms with Gasteiger partial charge < -0.3 is 10.4 Å². The third-order valence-electron chi connectivity index (χ3n) is 2.14. The average Bonchev–Trinajstić information content (AvgIpc) is 2.85. The van der Waals surface area contributed by atoms with Gasteiger partial charge in [0.1, 0.15) is 0 Å². The van der Waals surface area contributed by atoms with Gasteiger partial charge in [-0.1, -0.05) is 5.21 Å². The minimum atomic E-state index is -1.08. The first kappa shape index (κ1) is 14.6. The van der Waals surface area contributed by atoms with E-state index in [1.54, 1.807) is 17.1 Å². The lowest BCUT2D eigenvalue weighted by Crippen LogP contribution is -2.40. The Kier molecular flexibility index (Phi) is 5.99. The Morgan fingerprint density at radius 2 is 2.05 bits per heavy atom. The second kappa shape index (κ2) is 7.80. The molecule has 0 fully saturated rings. The van der Waals surface area contributed by atoms with Crippen LogP contribution in [0, 0.1) is 0 Å². The number of urea groups is 1. The fraction of sp³-hybridized carbons (Fsp3) is 0.500. The van der Waals surface area contributed by atoms with Gasteiger partial charge >= 0.3 is 12.0 Å². The predicted molar refractivity (Wildman–Crippen MR) is 63.1 cm³/mol. The lowest BCUT2D eigenvalue weighted by Gasteiger charge is -2.06. The molecule has 0 unspecified atom stereocenters. The lowest BCUT2D eigenvalue weighted by atomic mass is 10.3. The van der Waals surface area contributed by atoms with Gasteiger partial charge in [-0.15, -0.1) is 5.10 Å². The largest absolute Gasteiger partial charge is 0.481 e. The van der Waals surface area contributed by atoms with Crippen LogP contribution in [0.1, 0.15) is 19.3 Å². The number of carboxylic acids is 1. The molecule has 0 radical (unpaired) electrons. The van der Waals surface area contributed by atoms with Gasteiger partial charge in [-0.25, -0.2) is 4.79 Å². The molecular formula is C10H15N5O4. The molecule has 104 valence electrons. The molecule has 0 aliphatic heterocycles. The van der Waals surface area contributed by atoms with Gasteiger partial charge in [0.25, 0.3) is 0 Å². The fourth-order valence-corrected chi connectivity index (χ4v) is 1.25. The number of carbonyl (C=O) groups is 3. The molecule has 0 bridgehead atoms. The standard InChI is InChI=1S/C10H15N5O4/c16-8(2-3-9(17)18)13-10(19)11-4-1-6-15-7-5-12-14-15/h5,7H,1-4,6H2,(H,17,18)(H2,11,13,16,19). The Morgan fingerprint density at radius 1 is 1.26 bits per heavy atom. The summed E-state index contributed by atoms with van der Waals surface area (Å²) in [5.74, 6) is -1.69. The Morgan fingerprint density at radius 3 is 2.68 bits per heavy atom. The van der Waals surface area contributed by atoms with Crippen molar-refractivity contribution in [2.75, 3.05) is 6.54 Å². The zero-order valence-electron chi connectivity index (χ0n) is 10.2. The van der Waals surface area contributed by atoms with E-state index in [9.17, 15) is 14.4 Å². The van der Waals surface area contributed by atoms with Crippen LogP contribution in [0.15, 0.2) is 12.4 Å². The second-order valence-corrected chi connectivity index (χ2v) is 3.72. The van der Waals surface area contributed by atoms with Gasteiger partial charge in [-0.3, -0.25) is 19.6 Å². The van der Waals surface area contributed by atoms with Gasteiger partial charge in [0.05, 0.1) is 12.6 Å². The Hall–Kier alpha value is -2.45. The molecule has 0 saturated carbocycles. The van der Waals surface area contributed by atoms with Crippen LogP contribution in [0.25, 0.3) is 0 Å². The van der Waals surface area contributed by atoms with Crippen molar-refractivity contribution in [3.63, 3.8) is 0 Å². The minimum absolute atomic E-state index is 0.221. The Balaban J connectivity index is 2.07. The highest BCUT2D eigenvalue weighted by Gasteiger charge is 2.08. The molecule has 0 aliphatic carbocycles. The lowest BCUT2D eigenvalue weighted by molar-refractivity contribution is -0.138. The van der Waals surface area contributed by atoms with E-state index >= 15 is 0 Å². The number of hydrogen-bond donors (Lipinski definition) is 3. The third-order valence-corrected chi connectivity index (χ3v) is 2.14. The summed E-state index contributed by atoms with van der Waals surface area (Å²) in [6.07, 6.45) is 3.38. The number of imide groups is 1. The van der Waals surface area contributed by atoms with E-state index in [0.29, 0.717) is 19.5 Å². The first-order valence-corrected chi connectivity index (χ1v) is 5.71. The molecule has 0 saturated heterocycles. The number of amides is 3. The number of aliphatic carboxylic acids is 1. The number of aromatic nitrogens is 3. The van der Waals surface area contributed by atoms with Crippen LogP contribution in [-0.4, -0.2) is 44.6 Å². The van der Waals surface area contributed by atoms with Crippen LogP contribution in [0.4, 0.5) is 4.79 Å². The maximum absolute atomic E-state index is 11.2. The number of aryl methyl sites for hydroxylation is 1. The quantitative estimate of drug-likeness (QED) is 0.565. The molecule has 3 amide bonds. The molecule has 0 spiro atoms. The summed E-state index contributed by atoms with van der Waals surface area (Å²) >= 11 is 0. The second-order valence-electron chi connectivity index (χ2n) is 3.72. The molecular weight excluding hydrogens is 254 g/mol. The van der Waals surface area contributed by atoms with Gasteiger partial charge in [0, 0.05) is 25.7 Å². The molecule has 1 aromatic rings. The smallest absolute Gasteiger partial charge is 0.321 e. The summed E-state index contributed by atoms with van der Waals surface area (Å²) in [7, 11) is 0. The molecule has 0 atom stereocenters. The van der Waals surface area contributed by atoms with Crippen molar-refractivity contribution in [2.24, 2.45) is 0 Å². The molecule has 3 N–H and O–H groups in total. The summed E-state index contributed by atoms with van der Waals surface area (Å²) in [5.41, 5.74) is 0. The van der Waals surface area contributed by atoms with E-state index in [1.807, 2.05) is 5.32 Å². The Labute approximate surface area is 109 Å². The van der Waals surface area contributed by atoms with Crippen LogP contribution in [0.5, 0.6) is 0 Å². The molecule has 0 aliphatic rings. The highest BCUT2D eigenvalue weighted by atomic mass is 16.4. The van der Waals surface area contributed by atoms with Crippen molar-refractivity contribution in [1.29, 1.82) is 0 Å². The Bertz CT molecular complexity index is 431. The van der Waals surface area contributed by atoms with Crippen molar-refractivity contribution in [1.82, 2.24) is 25.6 Å². The monoisotopic (exact) mass is 269 g/mol.